The number of fused-ring (bicyclic) bond motifs is 3. The molecule has 2 aliphatic rings. The van der Waals surface area contributed by atoms with Gasteiger partial charge in [-0.3, -0.25) is 0 Å². The van der Waals surface area contributed by atoms with Crippen LogP contribution in [0.15, 0.2) is 48.8 Å². The number of aryl methyl sites for hydroxylation is 2. The largest absolute Gasteiger partial charge is 0.417 e. The molecular weight excluding hydrogens is 288 g/mol. The topological polar surface area (TPSA) is 17.0 Å². The molecule has 1 saturated heterocycles. The third-order valence-electron chi connectivity index (χ3n) is 4.39. The van der Waals surface area contributed by atoms with E-state index in [9.17, 15) is 0 Å². The zero-order chi connectivity index (χ0) is 15.4. The summed E-state index contributed by atoms with van der Waals surface area (Å²) in [4.78, 5) is 0. The van der Waals surface area contributed by atoms with Crippen LogP contribution in [0.3, 0.4) is 0 Å². The Bertz CT molecular complexity index is 589. The van der Waals surface area contributed by atoms with E-state index >= 15 is 0 Å². The highest BCUT2D eigenvalue weighted by molar-refractivity contribution is 6.71. The van der Waals surface area contributed by atoms with Crippen LogP contribution in [0, 0.1) is 0 Å². The molecule has 0 atom stereocenters. The Labute approximate surface area is 134 Å². The van der Waals surface area contributed by atoms with Crippen molar-refractivity contribution in [1.29, 1.82) is 0 Å². The quantitative estimate of drug-likeness (QED) is 0.540. The summed E-state index contributed by atoms with van der Waals surface area (Å²) < 4.78 is 10.2. The minimum atomic E-state index is -1.09. The molecule has 4 heteroatoms. The van der Waals surface area contributed by atoms with Crippen LogP contribution in [0.2, 0.25) is 19.1 Å². The van der Waals surface area contributed by atoms with E-state index in [2.05, 4.69) is 71.0 Å². The fourth-order valence-electron chi connectivity index (χ4n) is 3.10. The normalized spacial score (nSPS) is 18.5. The summed E-state index contributed by atoms with van der Waals surface area (Å²) in [5.74, 6) is 0. The number of hydrogen-bond acceptors (Lipinski definition) is 1. The zero-order valence-corrected chi connectivity index (χ0v) is 14.7. The van der Waals surface area contributed by atoms with Crippen molar-refractivity contribution in [2.45, 2.75) is 45.1 Å². The molecule has 0 unspecified atom stereocenters. The second-order valence-corrected chi connectivity index (χ2v) is 10.9. The zero-order valence-electron chi connectivity index (χ0n) is 13.7. The summed E-state index contributed by atoms with van der Waals surface area (Å²) in [5, 5.41) is 0. The highest BCUT2D eigenvalue weighted by atomic mass is 28.4. The number of aromatic nitrogens is 2. The highest BCUT2D eigenvalue weighted by Gasteiger charge is 2.27. The lowest BCUT2D eigenvalue weighted by Gasteiger charge is -2.27. The van der Waals surface area contributed by atoms with E-state index in [0.29, 0.717) is 0 Å². The summed E-state index contributed by atoms with van der Waals surface area (Å²) in [6.45, 7) is 7.76. The van der Waals surface area contributed by atoms with Crippen LogP contribution in [0.5, 0.6) is 0 Å². The third kappa shape index (κ3) is 3.62. The van der Waals surface area contributed by atoms with Crippen molar-refractivity contribution in [1.82, 2.24) is 0 Å². The van der Waals surface area contributed by atoms with Gasteiger partial charge in [0.25, 0.3) is 11.4 Å². The molecule has 116 valence electrons. The van der Waals surface area contributed by atoms with Crippen LogP contribution in [0.4, 0.5) is 0 Å². The first kappa shape index (κ1) is 15.4. The molecule has 0 aliphatic carbocycles. The van der Waals surface area contributed by atoms with Gasteiger partial charge in [-0.2, -0.15) is 9.13 Å². The molecule has 0 spiro atoms. The summed E-state index contributed by atoms with van der Waals surface area (Å²) in [6.07, 6.45) is 6.98. The van der Waals surface area contributed by atoms with Crippen molar-refractivity contribution in [3.8, 4) is 11.4 Å². The molecule has 2 aliphatic heterocycles. The van der Waals surface area contributed by atoms with E-state index in [4.69, 9.17) is 4.43 Å². The van der Waals surface area contributed by atoms with E-state index in [-0.39, 0.29) is 0 Å². The van der Waals surface area contributed by atoms with Crippen LogP contribution in [-0.4, -0.2) is 14.9 Å². The maximum atomic E-state index is 5.60. The first-order valence-electron chi connectivity index (χ1n) is 8.27. The van der Waals surface area contributed by atoms with Gasteiger partial charge in [-0.25, -0.2) is 0 Å². The average Bonchev–Trinajstić information content (AvgIpc) is 2.55. The van der Waals surface area contributed by atoms with Crippen LogP contribution in [-0.2, 0) is 17.5 Å². The molecule has 0 saturated carbocycles. The molecule has 2 aromatic rings. The van der Waals surface area contributed by atoms with Gasteiger partial charge in [0.05, 0.1) is 0 Å². The molecule has 0 radical (unpaired) electrons. The van der Waals surface area contributed by atoms with Crippen LogP contribution >= 0.6 is 0 Å². The Morgan fingerprint density at radius 3 is 1.86 bits per heavy atom. The van der Waals surface area contributed by atoms with Gasteiger partial charge in [-0.15, -0.1) is 0 Å². The van der Waals surface area contributed by atoms with E-state index in [1.807, 2.05) is 0 Å². The van der Waals surface area contributed by atoms with E-state index in [1.54, 1.807) is 0 Å². The lowest BCUT2D eigenvalue weighted by Crippen LogP contribution is -2.52. The summed E-state index contributed by atoms with van der Waals surface area (Å²) in [5.41, 5.74) is 2.61. The Morgan fingerprint density at radius 2 is 1.45 bits per heavy atom. The minimum Gasteiger partial charge on any atom is -0.417 e. The van der Waals surface area contributed by atoms with Crippen molar-refractivity contribution >= 4 is 8.32 Å². The highest BCUT2D eigenvalue weighted by Crippen LogP contribution is 2.20. The molecule has 3 nitrogen and oxygen atoms in total. The summed E-state index contributed by atoms with van der Waals surface area (Å²) >= 11 is 0. The van der Waals surface area contributed by atoms with Gasteiger partial charge in [0.2, 0.25) is 13.1 Å². The van der Waals surface area contributed by atoms with Crippen molar-refractivity contribution in [2.75, 3.05) is 6.61 Å². The number of pyridine rings is 2. The van der Waals surface area contributed by atoms with Gasteiger partial charge < -0.3 is 4.43 Å². The summed E-state index contributed by atoms with van der Waals surface area (Å²) in [6, 6.07) is 14.1. The smallest absolute Gasteiger partial charge is 0.277 e. The lowest BCUT2D eigenvalue weighted by molar-refractivity contribution is -0.794. The first-order valence-corrected chi connectivity index (χ1v) is 11.4. The van der Waals surface area contributed by atoms with Crippen LogP contribution in [0.25, 0.3) is 11.4 Å². The van der Waals surface area contributed by atoms with Crippen LogP contribution < -0.4 is 9.13 Å². The Morgan fingerprint density at radius 1 is 0.864 bits per heavy atom. The maximum absolute atomic E-state index is 5.60. The Kier molecular flexibility index (Phi) is 4.69. The molecule has 0 amide bonds. The maximum Gasteiger partial charge on any atom is 0.277 e. The third-order valence-corrected chi connectivity index (χ3v) is 6.93. The van der Waals surface area contributed by atoms with Gasteiger partial charge in [0.1, 0.15) is 0 Å². The molecule has 0 N–H and O–H groups in total. The van der Waals surface area contributed by atoms with Crippen molar-refractivity contribution in [3.63, 3.8) is 0 Å². The fourth-order valence-corrected chi connectivity index (χ4v) is 5.04. The SMILES string of the molecule is C[Si]1(C)CCCCO1.c1cc[n+]2c(c1)-c1cccc[n+]1CC2. The van der Waals surface area contributed by atoms with Gasteiger partial charge in [-0.05, 0) is 37.7 Å². The van der Waals surface area contributed by atoms with Crippen molar-refractivity contribution in [3.05, 3.63) is 48.8 Å². The molecule has 0 aromatic carbocycles. The average molecular weight is 315 g/mol. The van der Waals surface area contributed by atoms with Crippen molar-refractivity contribution in [2.24, 2.45) is 0 Å². The van der Waals surface area contributed by atoms with E-state index in [0.717, 1.165) is 19.7 Å². The van der Waals surface area contributed by atoms with Crippen LogP contribution in [0.1, 0.15) is 12.8 Å². The molecule has 2 aromatic heterocycles. The monoisotopic (exact) mass is 314 g/mol. The Hall–Kier alpha value is -1.52. The van der Waals surface area contributed by atoms with Gasteiger partial charge in [0, 0.05) is 30.9 Å². The molecule has 1 fully saturated rings. The number of hydrogen-bond donors (Lipinski definition) is 0. The Balaban J connectivity index is 0.000000154. The molecule has 4 heterocycles. The first-order chi connectivity index (χ1) is 10.7. The number of rotatable bonds is 0. The molecular formula is C18H26N2OSi+2. The van der Waals surface area contributed by atoms with E-state index < -0.39 is 8.32 Å². The molecule has 22 heavy (non-hydrogen) atoms. The van der Waals surface area contributed by atoms with E-state index in [1.165, 1.54) is 30.3 Å². The second kappa shape index (κ2) is 6.71. The van der Waals surface area contributed by atoms with Gasteiger partial charge in [-0.1, -0.05) is 6.42 Å². The minimum absolute atomic E-state index is 1.03. The lowest BCUT2D eigenvalue weighted by atomic mass is 10.2. The molecule has 4 rings (SSSR count). The second-order valence-electron chi connectivity index (χ2n) is 6.62. The summed E-state index contributed by atoms with van der Waals surface area (Å²) in [7, 11) is -1.09. The number of nitrogens with zero attached hydrogens (tertiary/aromatic N) is 2. The fraction of sp³-hybridized carbons (Fsp3) is 0.444. The predicted molar refractivity (Wildman–Crippen MR) is 89.7 cm³/mol. The van der Waals surface area contributed by atoms with Gasteiger partial charge >= 0.3 is 0 Å². The standard InChI is InChI=1S/C12H12N2.C6H14OSi/c1-3-7-13-9-10-14-8-4-2-6-12(14)11(13)5-1;1-8(2)6-4-3-5-7-8/h1-8H,9-10H2;3-6H2,1-2H3/q+2;. The van der Waals surface area contributed by atoms with Gasteiger partial charge in [0.15, 0.2) is 20.7 Å². The predicted octanol–water partition coefficient (Wildman–Crippen LogP) is 2.94. The molecule has 0 bridgehead atoms. The van der Waals surface area contributed by atoms with Crippen molar-refractivity contribution < 1.29 is 13.6 Å².